The van der Waals surface area contributed by atoms with Gasteiger partial charge in [0.1, 0.15) is 23.3 Å². The van der Waals surface area contributed by atoms with Crippen LogP contribution in [0.15, 0.2) is 18.2 Å². The molecule has 11 heteroatoms. The Labute approximate surface area is 165 Å². The number of rotatable bonds is 7. The van der Waals surface area contributed by atoms with Gasteiger partial charge in [0, 0.05) is 25.8 Å². The molecule has 29 heavy (non-hydrogen) atoms. The van der Waals surface area contributed by atoms with Crippen molar-refractivity contribution in [2.75, 3.05) is 18.5 Å². The lowest BCUT2D eigenvalue weighted by molar-refractivity contribution is -0.0528. The molecule has 0 spiro atoms. The molecule has 9 nitrogen and oxygen atoms in total. The Balaban J connectivity index is 1.61. The van der Waals surface area contributed by atoms with E-state index >= 15 is 0 Å². The van der Waals surface area contributed by atoms with E-state index in [1.807, 2.05) is 4.57 Å². The monoisotopic (exact) mass is 408 g/mol. The van der Waals surface area contributed by atoms with Crippen molar-refractivity contribution in [3.63, 3.8) is 0 Å². The molecule has 3 aromatic rings. The zero-order chi connectivity index (χ0) is 20.4. The van der Waals surface area contributed by atoms with Crippen molar-refractivity contribution in [1.82, 2.24) is 24.7 Å². The molecule has 0 amide bonds. The van der Waals surface area contributed by atoms with Gasteiger partial charge in [-0.25, -0.2) is 15.1 Å². The summed E-state index contributed by atoms with van der Waals surface area (Å²) in [4.78, 5) is 9.14. The fraction of sp³-hybridized carbons (Fsp3) is 0.500. The maximum Gasteiger partial charge on any atom is 0.388 e. The highest BCUT2D eigenvalue weighted by molar-refractivity contribution is 5.75. The van der Waals surface area contributed by atoms with Crippen LogP contribution in [-0.4, -0.2) is 49.7 Å². The van der Waals surface area contributed by atoms with Gasteiger partial charge in [-0.2, -0.15) is 13.9 Å². The van der Waals surface area contributed by atoms with Crippen molar-refractivity contribution in [2.45, 2.75) is 39.0 Å². The van der Waals surface area contributed by atoms with E-state index in [0.717, 1.165) is 26.1 Å². The maximum atomic E-state index is 12.3. The van der Waals surface area contributed by atoms with Crippen LogP contribution in [0.25, 0.3) is 11.2 Å². The average Bonchev–Trinajstić information content (AvgIpc) is 3.27. The lowest BCUT2D eigenvalue weighted by atomic mass is 10.0. The van der Waals surface area contributed by atoms with Crippen molar-refractivity contribution in [3.05, 3.63) is 24.0 Å². The number of nitrogens with one attached hydrogen (secondary N) is 2. The Morgan fingerprint density at radius 2 is 2.10 bits per heavy atom. The highest BCUT2D eigenvalue weighted by Crippen LogP contribution is 2.26. The average molecular weight is 408 g/mol. The number of anilines is 2. The molecule has 3 N–H and O–H groups in total. The van der Waals surface area contributed by atoms with Crippen LogP contribution in [0.1, 0.15) is 31.7 Å². The first-order valence-corrected chi connectivity index (χ1v) is 9.40. The van der Waals surface area contributed by atoms with E-state index in [4.69, 9.17) is 4.74 Å². The molecule has 0 aliphatic carbocycles. The molecule has 156 valence electrons. The molecule has 0 unspecified atom stereocenters. The second-order valence-electron chi connectivity index (χ2n) is 6.97. The summed E-state index contributed by atoms with van der Waals surface area (Å²) in [5, 5.41) is 19.4. The zero-order valence-electron chi connectivity index (χ0n) is 15.8. The van der Waals surface area contributed by atoms with Gasteiger partial charge in [0.15, 0.2) is 11.5 Å². The van der Waals surface area contributed by atoms with E-state index in [0.29, 0.717) is 41.1 Å². The molecule has 4 heterocycles. The number of hydrogen-bond acceptors (Lipinski definition) is 7. The number of ether oxygens (including phenoxy) is 2. The predicted octanol–water partition coefficient (Wildman–Crippen LogP) is 2.98. The third-order valence-corrected chi connectivity index (χ3v) is 4.80. The summed E-state index contributed by atoms with van der Waals surface area (Å²) in [5.41, 5.74) is 1.30. The molecule has 0 radical (unpaired) electrons. The van der Waals surface area contributed by atoms with E-state index in [2.05, 4.69) is 30.2 Å². The summed E-state index contributed by atoms with van der Waals surface area (Å²) in [6.07, 6.45) is 1.15. The Bertz CT molecular complexity index is 968. The number of aliphatic hydroxyl groups excluding tert-OH is 1. The molecule has 0 aromatic carbocycles. The van der Waals surface area contributed by atoms with Gasteiger partial charge < -0.3 is 24.5 Å². The quantitative estimate of drug-likeness (QED) is 0.551. The first-order chi connectivity index (χ1) is 14.0. The van der Waals surface area contributed by atoms with Gasteiger partial charge in [-0.05, 0) is 37.8 Å². The molecule has 1 atom stereocenters. The summed E-state index contributed by atoms with van der Waals surface area (Å²) in [6, 6.07) is 4.82. The molecule has 0 saturated carbocycles. The number of H-pyrrole nitrogens is 1. The normalized spacial score (nSPS) is 16.4. The highest BCUT2D eigenvalue weighted by Gasteiger charge is 2.21. The standard InChI is InChI=1S/C18H22F2N6O3/c1-10(27)16-21-12-2-3-13(22-14-8-15(25-24-14)29-18(19)20)23-17(12)26(16)9-11-4-6-28-7-5-11/h2-3,8,10-11,18,27H,4-7,9H2,1H3,(H2,22,23,24,25)/t10-/m1/s1. The van der Waals surface area contributed by atoms with Gasteiger partial charge in [0.05, 0.1) is 0 Å². The minimum atomic E-state index is -2.93. The summed E-state index contributed by atoms with van der Waals surface area (Å²) in [7, 11) is 0. The summed E-state index contributed by atoms with van der Waals surface area (Å²) in [6.45, 7) is 0.879. The summed E-state index contributed by atoms with van der Waals surface area (Å²) < 4.78 is 36.2. The zero-order valence-corrected chi connectivity index (χ0v) is 15.8. The van der Waals surface area contributed by atoms with Gasteiger partial charge in [-0.15, -0.1) is 0 Å². The van der Waals surface area contributed by atoms with E-state index in [1.54, 1.807) is 19.1 Å². The van der Waals surface area contributed by atoms with E-state index in [1.165, 1.54) is 6.07 Å². The largest absolute Gasteiger partial charge is 0.417 e. The molecule has 4 rings (SSSR count). The predicted molar refractivity (Wildman–Crippen MR) is 100 cm³/mol. The van der Waals surface area contributed by atoms with E-state index < -0.39 is 12.7 Å². The number of halogens is 2. The SMILES string of the molecule is C[C@@H](O)c1nc2ccc(Nc3cc(OC(F)F)[nH]n3)nc2n1CC1CCOCC1. The lowest BCUT2D eigenvalue weighted by Crippen LogP contribution is -2.22. The van der Waals surface area contributed by atoms with Crippen LogP contribution in [-0.2, 0) is 11.3 Å². The number of aliphatic hydroxyl groups is 1. The first-order valence-electron chi connectivity index (χ1n) is 9.40. The fourth-order valence-corrected chi connectivity index (χ4v) is 3.43. The minimum absolute atomic E-state index is 0.149. The number of nitrogens with zero attached hydrogens (tertiary/aromatic N) is 4. The van der Waals surface area contributed by atoms with Gasteiger partial charge >= 0.3 is 6.61 Å². The Morgan fingerprint density at radius 1 is 1.31 bits per heavy atom. The third-order valence-electron chi connectivity index (χ3n) is 4.80. The molecule has 1 saturated heterocycles. The second kappa shape index (κ2) is 8.29. The summed E-state index contributed by atoms with van der Waals surface area (Å²) in [5.74, 6) is 1.59. The number of aromatic nitrogens is 5. The third kappa shape index (κ3) is 4.46. The van der Waals surface area contributed by atoms with Gasteiger partial charge in [0.25, 0.3) is 0 Å². The topological polar surface area (TPSA) is 110 Å². The fourth-order valence-electron chi connectivity index (χ4n) is 3.43. The molecule has 3 aromatic heterocycles. The maximum absolute atomic E-state index is 12.3. The van der Waals surface area contributed by atoms with Crippen LogP contribution < -0.4 is 10.1 Å². The van der Waals surface area contributed by atoms with Crippen LogP contribution in [0, 0.1) is 5.92 Å². The van der Waals surface area contributed by atoms with Crippen LogP contribution in [0.2, 0.25) is 0 Å². The molecule has 0 bridgehead atoms. The first kappa shape index (κ1) is 19.5. The van der Waals surface area contributed by atoms with Crippen LogP contribution in [0.4, 0.5) is 20.4 Å². The molecule has 1 aliphatic heterocycles. The number of pyridine rings is 1. The summed E-state index contributed by atoms with van der Waals surface area (Å²) >= 11 is 0. The van der Waals surface area contributed by atoms with Crippen LogP contribution in [0.5, 0.6) is 5.88 Å². The lowest BCUT2D eigenvalue weighted by Gasteiger charge is -2.23. The smallest absolute Gasteiger partial charge is 0.388 e. The Hall–Kier alpha value is -2.79. The van der Waals surface area contributed by atoms with Gasteiger partial charge in [0.2, 0.25) is 5.88 Å². The van der Waals surface area contributed by atoms with Gasteiger partial charge in [-0.1, -0.05) is 0 Å². The van der Waals surface area contributed by atoms with Crippen molar-refractivity contribution < 1.29 is 23.4 Å². The van der Waals surface area contributed by atoms with Crippen molar-refractivity contribution >= 4 is 22.8 Å². The minimum Gasteiger partial charge on any atom is -0.417 e. The molecular weight excluding hydrogens is 386 g/mol. The highest BCUT2D eigenvalue weighted by atomic mass is 19.3. The molecule has 1 aliphatic rings. The van der Waals surface area contributed by atoms with Crippen molar-refractivity contribution in [1.29, 1.82) is 0 Å². The Morgan fingerprint density at radius 3 is 2.83 bits per heavy atom. The molecule has 1 fully saturated rings. The second-order valence-corrected chi connectivity index (χ2v) is 6.97. The van der Waals surface area contributed by atoms with Crippen LogP contribution in [0.3, 0.4) is 0 Å². The number of alkyl halides is 2. The number of imidazole rings is 1. The van der Waals surface area contributed by atoms with Crippen molar-refractivity contribution in [2.24, 2.45) is 5.92 Å². The van der Waals surface area contributed by atoms with Crippen molar-refractivity contribution in [3.8, 4) is 5.88 Å². The van der Waals surface area contributed by atoms with Crippen LogP contribution >= 0.6 is 0 Å². The van der Waals surface area contributed by atoms with Gasteiger partial charge in [-0.3, -0.25) is 0 Å². The van der Waals surface area contributed by atoms with E-state index in [-0.39, 0.29) is 5.88 Å². The van der Waals surface area contributed by atoms with E-state index in [9.17, 15) is 13.9 Å². The number of fused-ring (bicyclic) bond motifs is 1. The molecular formula is C18H22F2N6O3. The Kier molecular flexibility index (Phi) is 5.58. The number of aromatic amines is 1. The number of hydrogen-bond donors (Lipinski definition) is 3.